The van der Waals surface area contributed by atoms with Crippen molar-refractivity contribution in [2.45, 2.75) is 13.5 Å². The second kappa shape index (κ2) is 7.02. The summed E-state index contributed by atoms with van der Waals surface area (Å²) in [4.78, 5) is 20.6. The summed E-state index contributed by atoms with van der Waals surface area (Å²) in [7, 11) is 0. The zero-order valence-electron chi connectivity index (χ0n) is 13.2. The van der Waals surface area contributed by atoms with Gasteiger partial charge in [0.05, 0.1) is 24.1 Å². The van der Waals surface area contributed by atoms with Crippen LogP contribution in [0, 0.1) is 6.92 Å². The quantitative estimate of drug-likeness (QED) is 0.774. The Morgan fingerprint density at radius 1 is 1.08 bits per heavy atom. The third-order valence-corrected chi connectivity index (χ3v) is 3.68. The van der Waals surface area contributed by atoms with Gasteiger partial charge in [-0.3, -0.25) is 14.8 Å². The number of nitrogens with zero attached hydrogens (tertiary/aromatic N) is 2. The number of anilines is 1. The van der Waals surface area contributed by atoms with E-state index in [9.17, 15) is 9.90 Å². The Hall–Kier alpha value is -3.05. The maximum absolute atomic E-state index is 12.5. The van der Waals surface area contributed by atoms with Crippen LogP contribution in [0.2, 0.25) is 0 Å². The van der Waals surface area contributed by atoms with Crippen molar-refractivity contribution in [3.63, 3.8) is 0 Å². The number of aliphatic hydroxyl groups is 1. The molecule has 3 aromatic rings. The van der Waals surface area contributed by atoms with Crippen LogP contribution in [-0.2, 0) is 6.61 Å². The molecule has 0 aliphatic heterocycles. The Balaban J connectivity index is 1.87. The van der Waals surface area contributed by atoms with E-state index in [2.05, 4.69) is 15.3 Å². The molecule has 5 nitrogen and oxygen atoms in total. The SMILES string of the molecule is Cc1cccc(-c2cncc(C(=O)Nc3cnccc3CO)c2)c1. The fourth-order valence-electron chi connectivity index (χ4n) is 2.41. The summed E-state index contributed by atoms with van der Waals surface area (Å²) in [5.74, 6) is -0.292. The van der Waals surface area contributed by atoms with Crippen LogP contribution in [0.5, 0.6) is 0 Å². The summed E-state index contributed by atoms with van der Waals surface area (Å²) in [6.45, 7) is 1.85. The van der Waals surface area contributed by atoms with Gasteiger partial charge >= 0.3 is 0 Å². The maximum atomic E-state index is 12.5. The summed E-state index contributed by atoms with van der Waals surface area (Å²) in [6.07, 6.45) is 6.33. The topological polar surface area (TPSA) is 75.1 Å². The molecule has 24 heavy (non-hydrogen) atoms. The highest BCUT2D eigenvalue weighted by molar-refractivity contribution is 6.05. The smallest absolute Gasteiger partial charge is 0.257 e. The van der Waals surface area contributed by atoms with Crippen molar-refractivity contribution in [1.82, 2.24) is 9.97 Å². The van der Waals surface area contributed by atoms with Gasteiger partial charge in [-0.15, -0.1) is 0 Å². The molecule has 1 aromatic carbocycles. The number of aliphatic hydroxyl groups excluding tert-OH is 1. The fourth-order valence-corrected chi connectivity index (χ4v) is 2.41. The minimum atomic E-state index is -0.292. The number of aromatic nitrogens is 2. The highest BCUT2D eigenvalue weighted by Gasteiger charge is 2.11. The van der Waals surface area contributed by atoms with Crippen molar-refractivity contribution in [2.24, 2.45) is 0 Å². The van der Waals surface area contributed by atoms with Crippen molar-refractivity contribution in [3.8, 4) is 11.1 Å². The van der Waals surface area contributed by atoms with Crippen LogP contribution in [0.3, 0.4) is 0 Å². The van der Waals surface area contributed by atoms with Crippen LogP contribution in [0.15, 0.2) is 61.2 Å². The molecule has 0 fully saturated rings. The van der Waals surface area contributed by atoms with E-state index in [1.165, 1.54) is 12.4 Å². The number of pyridine rings is 2. The summed E-state index contributed by atoms with van der Waals surface area (Å²) >= 11 is 0. The van der Waals surface area contributed by atoms with Crippen molar-refractivity contribution >= 4 is 11.6 Å². The molecule has 0 spiro atoms. The van der Waals surface area contributed by atoms with Crippen LogP contribution in [0.25, 0.3) is 11.1 Å². The number of carbonyl (C=O) groups is 1. The Bertz CT molecular complexity index is 878. The first-order valence-electron chi connectivity index (χ1n) is 7.54. The summed E-state index contributed by atoms with van der Waals surface area (Å²) in [6, 6.07) is 11.5. The number of rotatable bonds is 4. The first-order valence-corrected chi connectivity index (χ1v) is 7.54. The molecule has 3 rings (SSSR count). The summed E-state index contributed by atoms with van der Waals surface area (Å²) < 4.78 is 0. The van der Waals surface area contributed by atoms with Gasteiger partial charge < -0.3 is 10.4 Å². The average Bonchev–Trinajstić information content (AvgIpc) is 2.62. The first kappa shape index (κ1) is 15.8. The van der Waals surface area contributed by atoms with Gasteiger partial charge in [0.2, 0.25) is 0 Å². The zero-order chi connectivity index (χ0) is 16.9. The van der Waals surface area contributed by atoms with Crippen molar-refractivity contribution < 1.29 is 9.90 Å². The Morgan fingerprint density at radius 2 is 1.96 bits per heavy atom. The van der Waals surface area contributed by atoms with E-state index in [4.69, 9.17) is 0 Å². The number of carbonyl (C=O) groups excluding carboxylic acids is 1. The normalized spacial score (nSPS) is 10.4. The molecule has 5 heteroatoms. The van der Waals surface area contributed by atoms with E-state index in [-0.39, 0.29) is 12.5 Å². The number of benzene rings is 1. The molecule has 0 radical (unpaired) electrons. The lowest BCUT2D eigenvalue weighted by atomic mass is 10.0. The Labute approximate surface area is 140 Å². The summed E-state index contributed by atoms with van der Waals surface area (Å²) in [5.41, 5.74) is 4.58. The van der Waals surface area contributed by atoms with E-state index in [1.54, 1.807) is 24.5 Å². The number of amides is 1. The molecular weight excluding hydrogens is 302 g/mol. The Kier molecular flexibility index (Phi) is 4.63. The molecular formula is C19H17N3O2. The van der Waals surface area contributed by atoms with Gasteiger partial charge in [-0.25, -0.2) is 0 Å². The fraction of sp³-hybridized carbons (Fsp3) is 0.105. The molecule has 1 amide bonds. The second-order valence-electron chi connectivity index (χ2n) is 5.48. The van der Waals surface area contributed by atoms with Crippen molar-refractivity contribution in [2.75, 3.05) is 5.32 Å². The predicted molar refractivity (Wildman–Crippen MR) is 92.5 cm³/mol. The van der Waals surface area contributed by atoms with Crippen molar-refractivity contribution in [3.05, 3.63) is 77.9 Å². The number of hydrogen-bond donors (Lipinski definition) is 2. The molecule has 0 unspecified atom stereocenters. The minimum absolute atomic E-state index is 0.167. The molecule has 0 aliphatic carbocycles. The lowest BCUT2D eigenvalue weighted by Gasteiger charge is -2.09. The number of hydrogen-bond acceptors (Lipinski definition) is 4. The standard InChI is InChI=1S/C19H17N3O2/c1-13-3-2-4-14(7-13)16-8-17(10-21-9-16)19(24)22-18-11-20-6-5-15(18)12-23/h2-11,23H,12H2,1H3,(H,22,24). The molecule has 0 atom stereocenters. The molecule has 0 saturated carbocycles. The van der Waals surface area contributed by atoms with Crippen LogP contribution < -0.4 is 5.32 Å². The van der Waals surface area contributed by atoms with Gasteiger partial charge in [0.25, 0.3) is 5.91 Å². The van der Waals surface area contributed by atoms with Gasteiger partial charge in [-0.05, 0) is 24.6 Å². The highest BCUT2D eigenvalue weighted by atomic mass is 16.3. The van der Waals surface area contributed by atoms with Crippen LogP contribution in [0.4, 0.5) is 5.69 Å². The van der Waals surface area contributed by atoms with Crippen LogP contribution in [-0.4, -0.2) is 21.0 Å². The predicted octanol–water partition coefficient (Wildman–Crippen LogP) is 3.20. The van der Waals surface area contributed by atoms with Gasteiger partial charge in [0, 0.05) is 29.7 Å². The molecule has 0 saturated heterocycles. The minimum Gasteiger partial charge on any atom is -0.392 e. The van der Waals surface area contributed by atoms with Gasteiger partial charge in [-0.2, -0.15) is 0 Å². The third-order valence-electron chi connectivity index (χ3n) is 3.68. The third kappa shape index (κ3) is 3.47. The van der Waals surface area contributed by atoms with Crippen LogP contribution >= 0.6 is 0 Å². The molecule has 0 bridgehead atoms. The number of nitrogens with one attached hydrogen (secondary N) is 1. The van der Waals surface area contributed by atoms with Gasteiger partial charge in [-0.1, -0.05) is 29.8 Å². The van der Waals surface area contributed by atoms with E-state index < -0.39 is 0 Å². The lowest BCUT2D eigenvalue weighted by Crippen LogP contribution is -2.14. The van der Waals surface area contributed by atoms with E-state index in [0.29, 0.717) is 16.8 Å². The molecule has 2 N–H and O–H groups in total. The van der Waals surface area contributed by atoms with Crippen molar-refractivity contribution in [1.29, 1.82) is 0 Å². The van der Waals surface area contributed by atoms with Gasteiger partial charge in [0.15, 0.2) is 0 Å². The molecule has 0 aliphatic rings. The zero-order valence-corrected chi connectivity index (χ0v) is 13.2. The maximum Gasteiger partial charge on any atom is 0.257 e. The molecule has 2 heterocycles. The number of aryl methyl sites for hydroxylation is 1. The molecule has 120 valence electrons. The van der Waals surface area contributed by atoms with Crippen LogP contribution in [0.1, 0.15) is 21.5 Å². The second-order valence-corrected chi connectivity index (χ2v) is 5.48. The van der Waals surface area contributed by atoms with E-state index >= 15 is 0 Å². The van der Waals surface area contributed by atoms with E-state index in [1.807, 2.05) is 31.2 Å². The van der Waals surface area contributed by atoms with E-state index in [0.717, 1.165) is 16.7 Å². The molecule has 2 aromatic heterocycles. The highest BCUT2D eigenvalue weighted by Crippen LogP contribution is 2.21. The largest absolute Gasteiger partial charge is 0.392 e. The Morgan fingerprint density at radius 3 is 2.75 bits per heavy atom. The lowest BCUT2D eigenvalue weighted by molar-refractivity contribution is 0.102. The summed E-state index contributed by atoms with van der Waals surface area (Å²) in [5, 5.41) is 12.1. The van der Waals surface area contributed by atoms with Gasteiger partial charge in [0.1, 0.15) is 0 Å². The monoisotopic (exact) mass is 319 g/mol. The first-order chi connectivity index (χ1) is 11.7. The average molecular weight is 319 g/mol.